The molecule has 0 saturated carbocycles. The largest absolute Gasteiger partial charge is 0.340 e. The summed E-state index contributed by atoms with van der Waals surface area (Å²) in [5.41, 5.74) is 7.66. The van der Waals surface area contributed by atoms with Crippen molar-refractivity contribution in [2.45, 2.75) is 46.1 Å². The van der Waals surface area contributed by atoms with Crippen LogP contribution in [-0.2, 0) is 4.79 Å². The molecule has 1 aromatic rings. The Morgan fingerprint density at radius 1 is 1.29 bits per heavy atom. The summed E-state index contributed by atoms with van der Waals surface area (Å²) in [5.74, 6) is 0.878. The first-order valence-electron chi connectivity index (χ1n) is 7.87. The number of benzene rings is 1. The third-order valence-electron chi connectivity index (χ3n) is 4.90. The van der Waals surface area contributed by atoms with Crippen molar-refractivity contribution in [3.8, 4) is 0 Å². The minimum Gasteiger partial charge on any atom is -0.340 e. The highest BCUT2D eigenvalue weighted by atomic mass is 16.2. The number of hydrogen-bond donors (Lipinski definition) is 1. The van der Waals surface area contributed by atoms with Gasteiger partial charge in [-0.3, -0.25) is 4.79 Å². The van der Waals surface area contributed by atoms with Crippen LogP contribution < -0.4 is 5.73 Å². The lowest BCUT2D eigenvalue weighted by atomic mass is 9.80. The Kier molecular flexibility index (Phi) is 4.72. The van der Waals surface area contributed by atoms with Crippen LogP contribution in [0.5, 0.6) is 0 Å². The molecule has 1 heterocycles. The zero-order chi connectivity index (χ0) is 15.6. The van der Waals surface area contributed by atoms with Gasteiger partial charge in [-0.05, 0) is 16.9 Å². The normalized spacial score (nSPS) is 24.1. The molecule has 2 rings (SSSR count). The lowest BCUT2D eigenvalue weighted by molar-refractivity contribution is -0.131. The Labute approximate surface area is 128 Å². The number of likely N-dealkylation sites (tertiary alicyclic amines) is 1. The molecular formula is C18H28N2O. The Balaban J connectivity index is 1.99. The molecule has 116 valence electrons. The van der Waals surface area contributed by atoms with Gasteiger partial charge < -0.3 is 10.6 Å². The summed E-state index contributed by atoms with van der Waals surface area (Å²) in [7, 11) is 0. The molecule has 0 radical (unpaired) electrons. The van der Waals surface area contributed by atoms with Crippen LogP contribution in [0, 0.1) is 11.3 Å². The molecule has 0 spiro atoms. The van der Waals surface area contributed by atoms with E-state index < -0.39 is 0 Å². The molecule has 1 aromatic carbocycles. The van der Waals surface area contributed by atoms with Gasteiger partial charge >= 0.3 is 0 Å². The van der Waals surface area contributed by atoms with Crippen LogP contribution in [0.1, 0.15) is 45.6 Å². The average Bonchev–Trinajstić information content (AvgIpc) is 2.81. The van der Waals surface area contributed by atoms with Crippen LogP contribution in [0.3, 0.4) is 0 Å². The van der Waals surface area contributed by atoms with E-state index in [0.717, 1.165) is 6.54 Å². The number of rotatable bonds is 3. The summed E-state index contributed by atoms with van der Waals surface area (Å²) in [6.45, 7) is 10.1. The molecule has 3 atom stereocenters. The number of carbonyl (C=O) groups is 1. The molecule has 0 bridgehead atoms. The van der Waals surface area contributed by atoms with E-state index in [1.807, 2.05) is 23.1 Å². The molecular weight excluding hydrogens is 260 g/mol. The zero-order valence-corrected chi connectivity index (χ0v) is 13.7. The van der Waals surface area contributed by atoms with Gasteiger partial charge in [0.25, 0.3) is 0 Å². The predicted octanol–water partition coefficient (Wildman–Crippen LogP) is 3.01. The molecule has 1 aliphatic heterocycles. The van der Waals surface area contributed by atoms with Crippen molar-refractivity contribution in [3.63, 3.8) is 0 Å². The smallest absolute Gasteiger partial charge is 0.222 e. The molecule has 21 heavy (non-hydrogen) atoms. The molecule has 3 heteroatoms. The molecule has 1 saturated heterocycles. The van der Waals surface area contributed by atoms with Crippen molar-refractivity contribution in [2.24, 2.45) is 17.1 Å². The maximum absolute atomic E-state index is 12.5. The Bertz CT molecular complexity index is 478. The topological polar surface area (TPSA) is 46.3 Å². The lowest BCUT2D eigenvalue weighted by Gasteiger charge is -2.28. The van der Waals surface area contributed by atoms with Gasteiger partial charge in [0.05, 0.1) is 0 Å². The van der Waals surface area contributed by atoms with E-state index in [1.54, 1.807) is 0 Å². The maximum Gasteiger partial charge on any atom is 0.222 e. The fourth-order valence-corrected chi connectivity index (χ4v) is 2.78. The minimum atomic E-state index is 0.0429. The van der Waals surface area contributed by atoms with Crippen molar-refractivity contribution in [2.75, 3.05) is 13.1 Å². The van der Waals surface area contributed by atoms with E-state index in [4.69, 9.17) is 5.73 Å². The minimum absolute atomic E-state index is 0.0429. The molecule has 0 aromatic heterocycles. The van der Waals surface area contributed by atoms with Crippen LogP contribution in [0.2, 0.25) is 0 Å². The average molecular weight is 288 g/mol. The highest BCUT2D eigenvalue weighted by Gasteiger charge is 2.35. The first-order chi connectivity index (χ1) is 9.79. The summed E-state index contributed by atoms with van der Waals surface area (Å²) in [5, 5.41) is 0. The highest BCUT2D eigenvalue weighted by molar-refractivity contribution is 5.77. The van der Waals surface area contributed by atoms with Crippen LogP contribution in [-0.4, -0.2) is 29.9 Å². The standard InChI is InChI=1S/C18H28N2O/c1-13(18(2,3)4)10-17(21)20-11-15(16(19)12-20)14-8-6-5-7-9-14/h5-9,13,15-16H,10-12,19H2,1-4H3/t13?,15-,16+/m0/s1. The molecule has 0 aliphatic carbocycles. The van der Waals surface area contributed by atoms with Crippen molar-refractivity contribution in [3.05, 3.63) is 35.9 Å². The number of hydrogen-bond acceptors (Lipinski definition) is 2. The van der Waals surface area contributed by atoms with Crippen LogP contribution in [0.25, 0.3) is 0 Å². The van der Waals surface area contributed by atoms with Gasteiger partial charge in [0.2, 0.25) is 5.91 Å². The van der Waals surface area contributed by atoms with E-state index in [1.165, 1.54) is 5.56 Å². The van der Waals surface area contributed by atoms with Crippen molar-refractivity contribution < 1.29 is 4.79 Å². The van der Waals surface area contributed by atoms with Gasteiger partial charge in [-0.15, -0.1) is 0 Å². The van der Waals surface area contributed by atoms with E-state index >= 15 is 0 Å². The van der Waals surface area contributed by atoms with Crippen molar-refractivity contribution in [1.29, 1.82) is 0 Å². The summed E-state index contributed by atoms with van der Waals surface area (Å²) in [4.78, 5) is 14.4. The second-order valence-electron chi connectivity index (χ2n) is 7.45. The summed E-state index contributed by atoms with van der Waals surface area (Å²) >= 11 is 0. The number of nitrogens with two attached hydrogens (primary N) is 1. The fraction of sp³-hybridized carbons (Fsp3) is 0.611. The molecule has 3 nitrogen and oxygen atoms in total. The summed E-state index contributed by atoms with van der Waals surface area (Å²) < 4.78 is 0. The maximum atomic E-state index is 12.5. The first-order valence-corrected chi connectivity index (χ1v) is 7.87. The third-order valence-corrected chi connectivity index (χ3v) is 4.90. The van der Waals surface area contributed by atoms with E-state index in [9.17, 15) is 4.79 Å². The van der Waals surface area contributed by atoms with Gasteiger partial charge in [0, 0.05) is 31.5 Å². The summed E-state index contributed by atoms with van der Waals surface area (Å²) in [6, 6.07) is 10.3. The van der Waals surface area contributed by atoms with E-state index in [0.29, 0.717) is 18.9 Å². The monoisotopic (exact) mass is 288 g/mol. The van der Waals surface area contributed by atoms with Gasteiger partial charge in [-0.25, -0.2) is 0 Å². The van der Waals surface area contributed by atoms with Crippen LogP contribution in [0.4, 0.5) is 0 Å². The molecule has 1 aliphatic rings. The number of amides is 1. The van der Waals surface area contributed by atoms with Gasteiger partial charge in [0.15, 0.2) is 0 Å². The van der Waals surface area contributed by atoms with Gasteiger partial charge in [-0.2, -0.15) is 0 Å². The Hall–Kier alpha value is -1.35. The number of nitrogens with zero attached hydrogens (tertiary/aromatic N) is 1. The lowest BCUT2D eigenvalue weighted by Crippen LogP contribution is -2.34. The molecule has 1 unspecified atom stereocenters. The summed E-state index contributed by atoms with van der Waals surface area (Å²) in [6.07, 6.45) is 0.609. The van der Waals surface area contributed by atoms with Gasteiger partial charge in [0.1, 0.15) is 0 Å². The van der Waals surface area contributed by atoms with Crippen LogP contribution >= 0.6 is 0 Å². The quantitative estimate of drug-likeness (QED) is 0.929. The molecule has 2 N–H and O–H groups in total. The predicted molar refractivity (Wildman–Crippen MR) is 87.0 cm³/mol. The second-order valence-corrected chi connectivity index (χ2v) is 7.45. The van der Waals surface area contributed by atoms with E-state index in [2.05, 4.69) is 39.8 Å². The molecule has 1 amide bonds. The first kappa shape index (κ1) is 16.0. The van der Waals surface area contributed by atoms with Crippen molar-refractivity contribution >= 4 is 5.91 Å². The third kappa shape index (κ3) is 3.85. The fourth-order valence-electron chi connectivity index (χ4n) is 2.78. The van der Waals surface area contributed by atoms with Gasteiger partial charge in [-0.1, -0.05) is 58.0 Å². The van der Waals surface area contributed by atoms with Crippen molar-refractivity contribution in [1.82, 2.24) is 4.90 Å². The Morgan fingerprint density at radius 3 is 2.48 bits per heavy atom. The SMILES string of the molecule is CC(CC(=O)N1C[C@@H](N)[C@H](c2ccccc2)C1)C(C)(C)C. The molecule has 1 fully saturated rings. The van der Waals surface area contributed by atoms with Crippen LogP contribution in [0.15, 0.2) is 30.3 Å². The Morgan fingerprint density at radius 2 is 1.90 bits per heavy atom. The second kappa shape index (κ2) is 6.18. The highest BCUT2D eigenvalue weighted by Crippen LogP contribution is 2.31. The number of carbonyl (C=O) groups excluding carboxylic acids is 1. The zero-order valence-electron chi connectivity index (χ0n) is 13.7. The van der Waals surface area contributed by atoms with E-state index in [-0.39, 0.29) is 23.3 Å².